The lowest BCUT2D eigenvalue weighted by molar-refractivity contribution is -0.137. The van der Waals surface area contributed by atoms with E-state index in [-0.39, 0.29) is 47.3 Å². The Balaban J connectivity index is 1.29. The predicted molar refractivity (Wildman–Crippen MR) is 201 cm³/mol. The minimum atomic E-state index is -0.514. The lowest BCUT2D eigenvalue weighted by Crippen LogP contribution is -2.61. The molecule has 280 valence electrons. The van der Waals surface area contributed by atoms with Gasteiger partial charge in [0, 0.05) is 69.3 Å². The number of hydrogen-bond donors (Lipinski definition) is 2. The van der Waals surface area contributed by atoms with E-state index in [1.54, 1.807) is 0 Å². The first-order valence-electron chi connectivity index (χ1n) is 19.9. The third-order valence-corrected chi connectivity index (χ3v) is 12.9. The molecule has 4 aliphatic rings. The summed E-state index contributed by atoms with van der Waals surface area (Å²) in [7, 11) is 0. The number of amides is 2. The highest BCUT2D eigenvalue weighted by molar-refractivity contribution is 5.99. The minimum absolute atomic E-state index is 0.00116. The van der Waals surface area contributed by atoms with Gasteiger partial charge < -0.3 is 25.0 Å². The molecule has 2 aromatic rings. The van der Waals surface area contributed by atoms with Crippen molar-refractivity contribution in [2.24, 2.45) is 17.3 Å². The summed E-state index contributed by atoms with van der Waals surface area (Å²) >= 11 is 0. The zero-order chi connectivity index (χ0) is 36.0. The van der Waals surface area contributed by atoms with E-state index < -0.39 is 11.7 Å². The zero-order valence-corrected chi connectivity index (χ0v) is 31.5. The summed E-state index contributed by atoms with van der Waals surface area (Å²) in [6, 6.07) is 10.4. The Morgan fingerprint density at radius 1 is 0.980 bits per heavy atom. The molecule has 51 heavy (non-hydrogen) atoms. The minimum Gasteiger partial charge on any atom is -0.381 e. The van der Waals surface area contributed by atoms with Gasteiger partial charge in [0.05, 0.1) is 24.7 Å². The van der Waals surface area contributed by atoms with Crippen molar-refractivity contribution in [2.45, 2.75) is 111 Å². The Hall–Kier alpha value is -3.01. The number of piperidine rings is 1. The Bertz CT molecular complexity index is 1480. The summed E-state index contributed by atoms with van der Waals surface area (Å²) < 4.78 is 28.1. The first-order chi connectivity index (χ1) is 24.7. The highest BCUT2D eigenvalue weighted by Gasteiger charge is 2.50. The van der Waals surface area contributed by atoms with E-state index in [0.717, 1.165) is 81.9 Å². The summed E-state index contributed by atoms with van der Waals surface area (Å²) in [6.07, 6.45) is 11.3. The zero-order valence-electron chi connectivity index (χ0n) is 31.5. The number of nitrogens with zero attached hydrogens (tertiary/aromatic N) is 2. The molecule has 3 aliphatic heterocycles. The molecule has 0 aromatic heterocycles. The number of hydrogen-bond acceptors (Lipinski definition) is 6. The van der Waals surface area contributed by atoms with Crippen LogP contribution >= 0.6 is 0 Å². The second-order valence-electron chi connectivity index (χ2n) is 15.7. The third-order valence-electron chi connectivity index (χ3n) is 12.9. The summed E-state index contributed by atoms with van der Waals surface area (Å²) in [6.45, 7) is 14.8. The van der Waals surface area contributed by atoms with Gasteiger partial charge in [-0.2, -0.15) is 0 Å². The van der Waals surface area contributed by atoms with Crippen LogP contribution < -0.4 is 15.5 Å². The molecule has 3 heterocycles. The van der Waals surface area contributed by atoms with Gasteiger partial charge in [-0.1, -0.05) is 69.7 Å². The molecule has 1 saturated carbocycles. The van der Waals surface area contributed by atoms with E-state index in [2.05, 4.69) is 53.3 Å². The maximum absolute atomic E-state index is 16.9. The van der Waals surface area contributed by atoms with Crippen molar-refractivity contribution in [3.05, 3.63) is 52.8 Å². The number of anilines is 1. The van der Waals surface area contributed by atoms with Crippen LogP contribution in [-0.2, 0) is 20.8 Å². The topological polar surface area (TPSA) is 83.1 Å². The van der Waals surface area contributed by atoms with Crippen molar-refractivity contribution in [3.63, 3.8) is 0 Å². The summed E-state index contributed by atoms with van der Waals surface area (Å²) in [5, 5.41) is 6.40. The highest BCUT2D eigenvalue weighted by Crippen LogP contribution is 2.48. The van der Waals surface area contributed by atoms with Gasteiger partial charge in [0.15, 0.2) is 0 Å². The number of rotatable bonds is 9. The lowest BCUT2D eigenvalue weighted by atomic mass is 9.59. The van der Waals surface area contributed by atoms with Gasteiger partial charge in [-0.3, -0.25) is 14.5 Å². The van der Waals surface area contributed by atoms with Crippen LogP contribution in [0.25, 0.3) is 11.1 Å². The fourth-order valence-electron chi connectivity index (χ4n) is 9.62. The highest BCUT2D eigenvalue weighted by atomic mass is 19.1. The molecule has 0 radical (unpaired) electrons. The fourth-order valence-corrected chi connectivity index (χ4v) is 9.62. The molecule has 2 aromatic carbocycles. The fraction of sp³-hybridized carbons (Fsp3) is 0.667. The number of morpholine rings is 1. The third kappa shape index (κ3) is 8.31. The molecule has 3 unspecified atom stereocenters. The van der Waals surface area contributed by atoms with Crippen LogP contribution in [0.3, 0.4) is 0 Å². The number of benzene rings is 2. The molecule has 2 N–H and O–H groups in total. The Labute approximate surface area is 305 Å². The van der Waals surface area contributed by atoms with Crippen LogP contribution in [0.15, 0.2) is 30.3 Å². The lowest BCUT2D eigenvalue weighted by Gasteiger charge is -2.51. The molecule has 1 aliphatic carbocycles. The average Bonchev–Trinajstić information content (AvgIpc) is 3.26. The molecule has 3 saturated heterocycles. The van der Waals surface area contributed by atoms with E-state index in [4.69, 9.17) is 9.47 Å². The van der Waals surface area contributed by atoms with Crippen LogP contribution in [0, 0.1) is 30.0 Å². The summed E-state index contributed by atoms with van der Waals surface area (Å²) in [5.74, 6) is -1.25. The van der Waals surface area contributed by atoms with Crippen LogP contribution in [0.2, 0.25) is 0 Å². The molecule has 9 heteroatoms. The number of carbonyl (C=O) groups is 2. The largest absolute Gasteiger partial charge is 0.381 e. The quantitative estimate of drug-likeness (QED) is 0.286. The van der Waals surface area contributed by atoms with E-state index >= 15 is 4.39 Å². The summed E-state index contributed by atoms with van der Waals surface area (Å²) in [5.41, 5.74) is 3.91. The van der Waals surface area contributed by atoms with E-state index in [9.17, 15) is 9.59 Å². The first kappa shape index (κ1) is 37.7. The molecule has 3 atom stereocenters. The smallest absolute Gasteiger partial charge is 0.254 e. The Morgan fingerprint density at radius 3 is 2.25 bits per heavy atom. The molecular weight excluding hydrogens is 643 g/mol. The average molecular weight is 705 g/mol. The second-order valence-corrected chi connectivity index (χ2v) is 15.7. The van der Waals surface area contributed by atoms with Gasteiger partial charge in [0.25, 0.3) is 5.91 Å². The standard InChI is InChI=1S/C42H61FN4O4/c1-5-47(34-16-22-50-23-17-34)37-26-35(33-14-12-32(13-15-33)28-46-20-24-51-25-21-46)39(43)38(29(37)2)41(49)44-27-36-30(3)42(31(4)45-40(36)48)18-10-8-6-7-9-11-19-42/h12-15,26,30-31,34,36H,5-11,16-25,27-28H2,1-4H3,(H,44,49)(H,45,48). The van der Waals surface area contributed by atoms with Crippen LogP contribution in [0.4, 0.5) is 10.1 Å². The molecule has 1 spiro atoms. The monoisotopic (exact) mass is 704 g/mol. The molecule has 4 fully saturated rings. The Kier molecular flexibility index (Phi) is 12.7. The van der Waals surface area contributed by atoms with Gasteiger partial charge >= 0.3 is 0 Å². The molecule has 8 nitrogen and oxygen atoms in total. The number of ether oxygens (including phenoxy) is 2. The molecule has 2 amide bonds. The van der Waals surface area contributed by atoms with Gasteiger partial charge in [-0.05, 0) is 80.5 Å². The first-order valence-corrected chi connectivity index (χ1v) is 19.9. The van der Waals surface area contributed by atoms with Crippen molar-refractivity contribution >= 4 is 17.5 Å². The van der Waals surface area contributed by atoms with Gasteiger partial charge in [-0.25, -0.2) is 4.39 Å². The summed E-state index contributed by atoms with van der Waals surface area (Å²) in [4.78, 5) is 32.5. The van der Waals surface area contributed by atoms with E-state index in [0.29, 0.717) is 24.3 Å². The maximum Gasteiger partial charge on any atom is 0.254 e. The maximum atomic E-state index is 16.9. The second kappa shape index (κ2) is 17.2. The van der Waals surface area contributed by atoms with Crippen LogP contribution in [-0.4, -0.2) is 81.4 Å². The number of nitrogens with one attached hydrogen (secondary N) is 2. The Morgan fingerprint density at radius 2 is 1.61 bits per heavy atom. The van der Waals surface area contributed by atoms with Crippen molar-refractivity contribution < 1.29 is 23.5 Å². The van der Waals surface area contributed by atoms with E-state index in [1.807, 2.05) is 25.1 Å². The normalized spacial score (nSPS) is 25.0. The van der Waals surface area contributed by atoms with Crippen molar-refractivity contribution in [3.8, 4) is 11.1 Å². The number of halogens is 1. The number of carbonyl (C=O) groups excluding carboxylic acids is 2. The van der Waals surface area contributed by atoms with Gasteiger partial charge in [-0.15, -0.1) is 0 Å². The van der Waals surface area contributed by atoms with Crippen molar-refractivity contribution in [1.82, 2.24) is 15.5 Å². The van der Waals surface area contributed by atoms with Gasteiger partial charge in [0.2, 0.25) is 5.91 Å². The predicted octanol–water partition coefficient (Wildman–Crippen LogP) is 7.26. The molecule has 0 bridgehead atoms. The SMILES string of the molecule is CCN(c1cc(-c2ccc(CN3CCOCC3)cc2)c(F)c(C(=O)NCC2C(=O)NC(C)C3(CCCCCCCC3)C2C)c1C)C1CCOCC1. The van der Waals surface area contributed by atoms with Crippen LogP contribution in [0.5, 0.6) is 0 Å². The van der Waals surface area contributed by atoms with Crippen molar-refractivity contribution in [1.29, 1.82) is 0 Å². The molecular formula is C42H61FN4O4. The van der Waals surface area contributed by atoms with Crippen molar-refractivity contribution in [2.75, 3.05) is 57.5 Å². The van der Waals surface area contributed by atoms with Gasteiger partial charge in [0.1, 0.15) is 5.82 Å². The van der Waals surface area contributed by atoms with E-state index in [1.165, 1.54) is 38.5 Å². The van der Waals surface area contributed by atoms with Crippen LogP contribution in [0.1, 0.15) is 106 Å². The molecule has 6 rings (SSSR count).